The molecule has 0 spiro atoms. The first-order valence-corrected chi connectivity index (χ1v) is 7.06. The molecule has 2 aromatic carbocycles. The predicted molar refractivity (Wildman–Crippen MR) is 80.8 cm³/mol. The molecule has 0 N–H and O–H groups in total. The lowest BCUT2D eigenvalue weighted by Gasteiger charge is -2.21. The van der Waals surface area contributed by atoms with E-state index in [1.807, 2.05) is 24.1 Å². The van der Waals surface area contributed by atoms with Crippen molar-refractivity contribution in [3.8, 4) is 0 Å². The maximum absolute atomic E-state index is 12.7. The smallest absolute Gasteiger partial charge is 0.234 e. The van der Waals surface area contributed by atoms with Gasteiger partial charge in [0, 0.05) is 13.6 Å². The molecule has 2 aromatic rings. The van der Waals surface area contributed by atoms with Gasteiger partial charge in [-0.2, -0.15) is 0 Å². The average molecular weight is 265 g/mol. The van der Waals surface area contributed by atoms with Crippen LogP contribution in [0.3, 0.4) is 0 Å². The Balaban J connectivity index is 2.17. The van der Waals surface area contributed by atoms with Gasteiger partial charge >= 0.3 is 0 Å². The summed E-state index contributed by atoms with van der Waals surface area (Å²) in [6, 6.07) is 16.6. The Labute approximate surface area is 120 Å². The lowest BCUT2D eigenvalue weighted by atomic mass is 9.87. The molecule has 2 heteroatoms. The number of carbonyl (C=O) groups excluding carboxylic acids is 1. The first-order chi connectivity index (χ1) is 9.66. The Hall–Kier alpha value is -2.09. The highest BCUT2D eigenvalue weighted by molar-refractivity contribution is 5.88. The molecule has 1 amide bonds. The molecule has 3 rings (SSSR count). The molecule has 0 saturated carbocycles. The molecule has 0 saturated heterocycles. The highest BCUT2D eigenvalue weighted by Crippen LogP contribution is 2.32. The van der Waals surface area contributed by atoms with Crippen molar-refractivity contribution in [2.45, 2.75) is 19.3 Å². The van der Waals surface area contributed by atoms with Crippen LogP contribution in [0, 0.1) is 6.92 Å². The first kappa shape index (κ1) is 12.9. The van der Waals surface area contributed by atoms with E-state index in [1.165, 1.54) is 11.1 Å². The Morgan fingerprint density at radius 1 is 1.10 bits per heavy atom. The van der Waals surface area contributed by atoms with E-state index >= 15 is 0 Å². The number of likely N-dealkylation sites (N-methyl/N-ethyl adjacent to an activating group) is 1. The van der Waals surface area contributed by atoms with Gasteiger partial charge in [-0.05, 0) is 30.0 Å². The van der Waals surface area contributed by atoms with Crippen molar-refractivity contribution in [2.24, 2.45) is 0 Å². The van der Waals surface area contributed by atoms with Crippen LogP contribution in [0.25, 0.3) is 0 Å². The summed E-state index contributed by atoms with van der Waals surface area (Å²) in [5.74, 6) is 0.0270. The highest BCUT2D eigenvalue weighted by atomic mass is 16.2. The van der Waals surface area contributed by atoms with Gasteiger partial charge in [-0.15, -0.1) is 0 Å². The van der Waals surface area contributed by atoms with Gasteiger partial charge in [0.1, 0.15) is 0 Å². The summed E-state index contributed by atoms with van der Waals surface area (Å²) in [5, 5.41) is 0. The second-order valence-corrected chi connectivity index (χ2v) is 5.56. The van der Waals surface area contributed by atoms with Gasteiger partial charge in [-0.1, -0.05) is 54.1 Å². The van der Waals surface area contributed by atoms with E-state index in [0.717, 1.165) is 24.1 Å². The molecule has 0 aromatic heterocycles. The van der Waals surface area contributed by atoms with Gasteiger partial charge in [-0.25, -0.2) is 0 Å². The minimum absolute atomic E-state index is 0.168. The number of benzene rings is 2. The van der Waals surface area contributed by atoms with Crippen LogP contribution < -0.4 is 0 Å². The van der Waals surface area contributed by atoms with Crippen LogP contribution in [0.15, 0.2) is 48.5 Å². The van der Waals surface area contributed by atoms with E-state index in [1.54, 1.807) is 0 Å². The summed E-state index contributed by atoms with van der Waals surface area (Å²) in [5.41, 5.74) is 4.74. The first-order valence-electron chi connectivity index (χ1n) is 7.06. The van der Waals surface area contributed by atoms with Crippen LogP contribution in [0.2, 0.25) is 0 Å². The highest BCUT2D eigenvalue weighted by Gasteiger charge is 2.30. The van der Waals surface area contributed by atoms with Gasteiger partial charge in [0.15, 0.2) is 0 Å². The Morgan fingerprint density at radius 2 is 1.90 bits per heavy atom. The monoisotopic (exact) mass is 265 g/mol. The number of carbonyl (C=O) groups is 1. The van der Waals surface area contributed by atoms with Crippen molar-refractivity contribution < 1.29 is 4.79 Å². The van der Waals surface area contributed by atoms with Gasteiger partial charge in [0.2, 0.25) is 5.91 Å². The third-order valence-corrected chi connectivity index (χ3v) is 4.08. The summed E-state index contributed by atoms with van der Waals surface area (Å²) in [4.78, 5) is 14.6. The maximum Gasteiger partial charge on any atom is 0.234 e. The molecule has 1 aliphatic heterocycles. The molecule has 20 heavy (non-hydrogen) atoms. The topological polar surface area (TPSA) is 20.3 Å². The van der Waals surface area contributed by atoms with Crippen molar-refractivity contribution in [3.05, 3.63) is 70.8 Å². The molecular weight excluding hydrogens is 246 g/mol. The molecule has 0 radical (unpaired) electrons. The molecule has 0 aliphatic carbocycles. The Kier molecular flexibility index (Phi) is 3.31. The van der Waals surface area contributed by atoms with Crippen molar-refractivity contribution in [3.63, 3.8) is 0 Å². The van der Waals surface area contributed by atoms with Crippen LogP contribution >= 0.6 is 0 Å². The average Bonchev–Trinajstić information content (AvgIpc) is 2.57. The molecule has 1 heterocycles. The van der Waals surface area contributed by atoms with Crippen molar-refractivity contribution >= 4 is 5.91 Å². The zero-order chi connectivity index (χ0) is 14.1. The normalized spacial score (nSPS) is 18.6. The van der Waals surface area contributed by atoms with Gasteiger partial charge < -0.3 is 4.90 Å². The largest absolute Gasteiger partial charge is 0.345 e. The predicted octanol–water partition coefficient (Wildman–Crippen LogP) is 3.14. The number of aryl methyl sites for hydroxylation is 1. The number of amides is 1. The maximum atomic E-state index is 12.7. The summed E-state index contributed by atoms with van der Waals surface area (Å²) in [6.45, 7) is 2.86. The number of rotatable bonds is 1. The molecule has 1 atom stereocenters. The van der Waals surface area contributed by atoms with Crippen molar-refractivity contribution in [2.75, 3.05) is 13.6 Å². The zero-order valence-corrected chi connectivity index (χ0v) is 12.0. The third kappa shape index (κ3) is 2.22. The van der Waals surface area contributed by atoms with Crippen LogP contribution in [0.5, 0.6) is 0 Å². The molecule has 1 unspecified atom stereocenters. The summed E-state index contributed by atoms with van der Waals surface area (Å²) < 4.78 is 0. The molecule has 1 aliphatic rings. The van der Waals surface area contributed by atoms with Crippen molar-refractivity contribution in [1.29, 1.82) is 0 Å². The van der Waals surface area contributed by atoms with E-state index in [4.69, 9.17) is 0 Å². The van der Waals surface area contributed by atoms with E-state index in [9.17, 15) is 4.79 Å². The summed E-state index contributed by atoms with van der Waals surface area (Å²) in [6.07, 6.45) is 0.931. The van der Waals surface area contributed by atoms with Crippen LogP contribution in [0.4, 0.5) is 0 Å². The van der Waals surface area contributed by atoms with Gasteiger partial charge in [-0.3, -0.25) is 4.79 Å². The lowest BCUT2D eigenvalue weighted by molar-refractivity contribution is -0.130. The summed E-state index contributed by atoms with van der Waals surface area (Å²) >= 11 is 0. The van der Waals surface area contributed by atoms with Crippen LogP contribution in [0.1, 0.15) is 28.2 Å². The molecule has 102 valence electrons. The minimum Gasteiger partial charge on any atom is -0.345 e. The lowest BCUT2D eigenvalue weighted by Crippen LogP contribution is -2.31. The third-order valence-electron chi connectivity index (χ3n) is 4.08. The second-order valence-electron chi connectivity index (χ2n) is 5.56. The van der Waals surface area contributed by atoms with Crippen molar-refractivity contribution in [1.82, 2.24) is 4.90 Å². The molecule has 2 nitrogen and oxygen atoms in total. The Morgan fingerprint density at radius 3 is 2.70 bits per heavy atom. The standard InChI is InChI=1S/C18H19NO/c1-13-6-5-8-15(12-13)17-16-9-4-3-7-14(16)10-11-19(2)18(17)20/h3-9,12,17H,10-11H2,1-2H3. The molecule has 0 bridgehead atoms. The fourth-order valence-corrected chi connectivity index (χ4v) is 2.97. The quantitative estimate of drug-likeness (QED) is 0.775. The van der Waals surface area contributed by atoms with Crippen LogP contribution in [-0.4, -0.2) is 24.4 Å². The van der Waals surface area contributed by atoms with Crippen LogP contribution in [-0.2, 0) is 11.2 Å². The number of hydrogen-bond acceptors (Lipinski definition) is 1. The van der Waals surface area contributed by atoms with E-state index in [-0.39, 0.29) is 11.8 Å². The van der Waals surface area contributed by atoms with Gasteiger partial charge in [0.25, 0.3) is 0 Å². The number of fused-ring (bicyclic) bond motifs is 1. The van der Waals surface area contributed by atoms with Gasteiger partial charge in [0.05, 0.1) is 5.92 Å². The zero-order valence-electron chi connectivity index (χ0n) is 12.0. The molecular formula is C18H19NO. The fraction of sp³-hybridized carbons (Fsp3) is 0.278. The second kappa shape index (κ2) is 5.12. The van der Waals surface area contributed by atoms with E-state index in [2.05, 4.69) is 43.3 Å². The Bertz CT molecular complexity index is 647. The number of nitrogens with zero attached hydrogens (tertiary/aromatic N) is 1. The van der Waals surface area contributed by atoms with E-state index in [0.29, 0.717) is 0 Å². The molecule has 0 fully saturated rings. The fourth-order valence-electron chi connectivity index (χ4n) is 2.97. The van der Waals surface area contributed by atoms with E-state index < -0.39 is 0 Å². The SMILES string of the molecule is Cc1cccc(C2C(=O)N(C)CCc3ccccc32)c1. The minimum atomic E-state index is -0.168. The summed E-state index contributed by atoms with van der Waals surface area (Å²) in [7, 11) is 1.90. The number of hydrogen-bond donors (Lipinski definition) is 0.